The number of nitrogens with two attached hydrogens (primary N) is 1. The van der Waals surface area contributed by atoms with E-state index in [9.17, 15) is 13.2 Å². The molecule has 2 N–H and O–H groups in total. The molecule has 0 spiro atoms. The molecular formula is C11H13ClF3NO2. The van der Waals surface area contributed by atoms with E-state index in [0.29, 0.717) is 10.8 Å². The quantitative estimate of drug-likeness (QED) is 0.844. The van der Waals surface area contributed by atoms with E-state index in [1.54, 1.807) is 25.1 Å². The Hall–Kier alpha value is -0.980. The summed E-state index contributed by atoms with van der Waals surface area (Å²) in [6, 6.07) is 4.71. The molecule has 3 nitrogen and oxygen atoms in total. The van der Waals surface area contributed by atoms with Crippen LogP contribution in [0.15, 0.2) is 18.2 Å². The lowest BCUT2D eigenvalue weighted by molar-refractivity contribution is -0.325. The number of benzene rings is 1. The van der Waals surface area contributed by atoms with Gasteiger partial charge in [0.05, 0.1) is 11.6 Å². The van der Waals surface area contributed by atoms with Gasteiger partial charge in [-0.1, -0.05) is 17.7 Å². The summed E-state index contributed by atoms with van der Waals surface area (Å²) in [7, 11) is 0. The molecule has 18 heavy (non-hydrogen) atoms. The Bertz CT molecular complexity index is 396. The molecule has 1 aromatic rings. The molecule has 7 heteroatoms. The van der Waals surface area contributed by atoms with Crippen LogP contribution in [-0.4, -0.2) is 19.6 Å². The standard InChI is InChI=1S/C11H13ClF3NO2/c1-7(16)8-2-3-10(9(12)6-8)17-4-5-18-11(13,14)15/h2-3,6-7H,4-5,16H2,1H3/t7-/m0/s1. The van der Waals surface area contributed by atoms with Crippen LogP contribution in [-0.2, 0) is 4.74 Å². The van der Waals surface area contributed by atoms with Crippen LogP contribution >= 0.6 is 11.6 Å². The van der Waals surface area contributed by atoms with Gasteiger partial charge in [-0.2, -0.15) is 0 Å². The summed E-state index contributed by atoms with van der Waals surface area (Å²) in [4.78, 5) is 0. The zero-order chi connectivity index (χ0) is 13.8. The molecule has 0 aromatic heterocycles. The van der Waals surface area contributed by atoms with Crippen LogP contribution in [0, 0.1) is 0 Å². The Labute approximate surface area is 108 Å². The molecule has 0 amide bonds. The van der Waals surface area contributed by atoms with Crippen LogP contribution in [0.5, 0.6) is 5.75 Å². The minimum Gasteiger partial charge on any atom is -0.490 e. The number of alkyl halides is 3. The lowest BCUT2D eigenvalue weighted by Gasteiger charge is -2.12. The molecule has 1 atom stereocenters. The van der Waals surface area contributed by atoms with Crippen LogP contribution in [0.1, 0.15) is 18.5 Å². The zero-order valence-corrected chi connectivity index (χ0v) is 10.4. The average molecular weight is 284 g/mol. The normalized spacial score (nSPS) is 13.4. The van der Waals surface area contributed by atoms with Crippen molar-refractivity contribution >= 4 is 11.6 Å². The van der Waals surface area contributed by atoms with Crippen molar-refractivity contribution in [1.82, 2.24) is 0 Å². The summed E-state index contributed by atoms with van der Waals surface area (Å²) in [5.41, 5.74) is 6.48. The van der Waals surface area contributed by atoms with Gasteiger partial charge >= 0.3 is 6.36 Å². The third-order valence-corrected chi connectivity index (χ3v) is 2.38. The van der Waals surface area contributed by atoms with Crippen molar-refractivity contribution in [2.45, 2.75) is 19.3 Å². The second-order valence-corrected chi connectivity index (χ2v) is 4.03. The Morgan fingerprint density at radius 2 is 2.00 bits per heavy atom. The van der Waals surface area contributed by atoms with E-state index in [4.69, 9.17) is 22.1 Å². The lowest BCUT2D eigenvalue weighted by atomic mass is 10.1. The summed E-state index contributed by atoms with van der Waals surface area (Å²) >= 11 is 5.90. The first-order valence-electron chi connectivity index (χ1n) is 5.18. The molecule has 0 unspecified atom stereocenters. The minimum atomic E-state index is -4.65. The van der Waals surface area contributed by atoms with E-state index in [1.165, 1.54) is 0 Å². The fourth-order valence-electron chi connectivity index (χ4n) is 1.23. The molecule has 0 saturated carbocycles. The SMILES string of the molecule is C[C@H](N)c1ccc(OCCOC(F)(F)F)c(Cl)c1. The van der Waals surface area contributed by atoms with Crippen LogP contribution in [0.3, 0.4) is 0 Å². The van der Waals surface area contributed by atoms with E-state index in [-0.39, 0.29) is 12.6 Å². The number of hydrogen-bond acceptors (Lipinski definition) is 3. The summed E-state index contributed by atoms with van der Waals surface area (Å²) < 4.78 is 43.7. The van der Waals surface area contributed by atoms with Gasteiger partial charge in [-0.05, 0) is 24.6 Å². The highest BCUT2D eigenvalue weighted by atomic mass is 35.5. The maximum absolute atomic E-state index is 11.7. The van der Waals surface area contributed by atoms with Gasteiger partial charge in [-0.3, -0.25) is 4.74 Å². The number of halogens is 4. The number of rotatable bonds is 5. The Morgan fingerprint density at radius 3 is 2.50 bits per heavy atom. The molecule has 0 aliphatic carbocycles. The van der Waals surface area contributed by atoms with Crippen molar-refractivity contribution < 1.29 is 22.6 Å². The van der Waals surface area contributed by atoms with Crippen LogP contribution in [0.25, 0.3) is 0 Å². The maximum atomic E-state index is 11.7. The van der Waals surface area contributed by atoms with Gasteiger partial charge in [0.15, 0.2) is 0 Å². The molecule has 0 radical (unpaired) electrons. The molecular weight excluding hydrogens is 271 g/mol. The molecule has 1 aromatic carbocycles. The van der Waals surface area contributed by atoms with Crippen molar-refractivity contribution in [3.63, 3.8) is 0 Å². The maximum Gasteiger partial charge on any atom is 0.522 e. The molecule has 0 bridgehead atoms. The fourth-order valence-corrected chi connectivity index (χ4v) is 1.47. The van der Waals surface area contributed by atoms with Crippen LogP contribution in [0.4, 0.5) is 13.2 Å². The van der Waals surface area contributed by atoms with Crippen molar-refractivity contribution in [2.75, 3.05) is 13.2 Å². The van der Waals surface area contributed by atoms with E-state index in [1.807, 2.05) is 0 Å². The summed E-state index contributed by atoms with van der Waals surface area (Å²) in [5.74, 6) is 0.298. The van der Waals surface area contributed by atoms with Gasteiger partial charge in [0.25, 0.3) is 0 Å². The Morgan fingerprint density at radius 1 is 1.33 bits per heavy atom. The molecule has 1 rings (SSSR count). The van der Waals surface area contributed by atoms with Gasteiger partial charge in [0.1, 0.15) is 12.4 Å². The topological polar surface area (TPSA) is 44.5 Å². The molecule has 102 valence electrons. The highest BCUT2D eigenvalue weighted by Crippen LogP contribution is 2.27. The van der Waals surface area contributed by atoms with Crippen molar-refractivity contribution in [3.05, 3.63) is 28.8 Å². The first-order chi connectivity index (χ1) is 8.29. The lowest BCUT2D eigenvalue weighted by Crippen LogP contribution is -2.18. The smallest absolute Gasteiger partial charge is 0.490 e. The van der Waals surface area contributed by atoms with Crippen molar-refractivity contribution in [2.24, 2.45) is 5.73 Å². The summed E-state index contributed by atoms with van der Waals surface area (Å²) in [5, 5.41) is 0.303. The van der Waals surface area contributed by atoms with Gasteiger partial charge in [0.2, 0.25) is 0 Å². The van der Waals surface area contributed by atoms with E-state index < -0.39 is 13.0 Å². The average Bonchev–Trinajstić information content (AvgIpc) is 2.24. The zero-order valence-electron chi connectivity index (χ0n) is 9.63. The largest absolute Gasteiger partial charge is 0.522 e. The first kappa shape index (κ1) is 15.1. The van der Waals surface area contributed by atoms with E-state index in [0.717, 1.165) is 5.56 Å². The predicted molar refractivity (Wildman–Crippen MR) is 61.6 cm³/mol. The molecule has 0 heterocycles. The van der Waals surface area contributed by atoms with Gasteiger partial charge in [-0.15, -0.1) is 13.2 Å². The van der Waals surface area contributed by atoms with E-state index >= 15 is 0 Å². The predicted octanol–water partition coefficient (Wildman–Crippen LogP) is 3.27. The van der Waals surface area contributed by atoms with Gasteiger partial charge in [0, 0.05) is 6.04 Å². The third-order valence-electron chi connectivity index (χ3n) is 2.09. The number of ether oxygens (including phenoxy) is 2. The van der Waals surface area contributed by atoms with E-state index in [2.05, 4.69) is 4.74 Å². The molecule has 0 aliphatic rings. The second-order valence-electron chi connectivity index (χ2n) is 3.62. The van der Waals surface area contributed by atoms with Crippen LogP contribution in [0.2, 0.25) is 5.02 Å². The molecule has 0 fully saturated rings. The van der Waals surface area contributed by atoms with Gasteiger partial charge < -0.3 is 10.5 Å². The summed E-state index contributed by atoms with van der Waals surface area (Å²) in [6.07, 6.45) is -4.65. The molecule has 0 saturated heterocycles. The molecule has 0 aliphatic heterocycles. The minimum absolute atomic E-state index is 0.176. The number of hydrogen-bond donors (Lipinski definition) is 1. The Balaban J connectivity index is 2.48. The monoisotopic (exact) mass is 283 g/mol. The summed E-state index contributed by atoms with van der Waals surface area (Å²) in [6.45, 7) is 0.967. The fraction of sp³-hybridized carbons (Fsp3) is 0.455. The van der Waals surface area contributed by atoms with Gasteiger partial charge in [-0.25, -0.2) is 0 Å². The Kier molecular flexibility index (Phi) is 5.25. The third kappa shape index (κ3) is 5.12. The highest BCUT2D eigenvalue weighted by molar-refractivity contribution is 6.32. The van der Waals surface area contributed by atoms with Crippen molar-refractivity contribution in [1.29, 1.82) is 0 Å². The second kappa shape index (κ2) is 6.26. The first-order valence-corrected chi connectivity index (χ1v) is 5.56. The van der Waals surface area contributed by atoms with Crippen LogP contribution < -0.4 is 10.5 Å². The highest BCUT2D eigenvalue weighted by Gasteiger charge is 2.28. The van der Waals surface area contributed by atoms with Crippen molar-refractivity contribution in [3.8, 4) is 5.75 Å².